The van der Waals surface area contributed by atoms with Crippen LogP contribution in [0.3, 0.4) is 0 Å². The van der Waals surface area contributed by atoms with E-state index in [0.717, 1.165) is 18.8 Å². The normalized spacial score (nSPS) is 14.8. The lowest BCUT2D eigenvalue weighted by Gasteiger charge is -2.30. The van der Waals surface area contributed by atoms with Gasteiger partial charge >= 0.3 is 0 Å². The number of rotatable bonds is 7. The molecule has 3 heteroatoms. The van der Waals surface area contributed by atoms with Gasteiger partial charge in [0.2, 0.25) is 0 Å². The molecular weight excluding hydrogens is 224 g/mol. The summed E-state index contributed by atoms with van der Waals surface area (Å²) in [5.74, 6) is 0.468. The first-order valence-electron chi connectivity index (χ1n) is 6.87. The van der Waals surface area contributed by atoms with Crippen molar-refractivity contribution in [2.45, 2.75) is 46.8 Å². The molecule has 0 amide bonds. The second-order valence-electron chi connectivity index (χ2n) is 4.93. The largest absolute Gasteiger partial charge is 0.376 e. The molecule has 0 bridgehead atoms. The molecule has 0 radical (unpaired) electrons. The van der Waals surface area contributed by atoms with Crippen LogP contribution in [0, 0.1) is 12.8 Å². The highest BCUT2D eigenvalue weighted by Gasteiger charge is 2.25. The van der Waals surface area contributed by atoms with Gasteiger partial charge in [-0.2, -0.15) is 0 Å². The lowest BCUT2D eigenvalue weighted by molar-refractivity contribution is 0.00309. The van der Waals surface area contributed by atoms with Crippen molar-refractivity contribution in [2.24, 2.45) is 5.92 Å². The number of likely N-dealkylation sites (N-methyl/N-ethyl adjacent to an activating group) is 1. The fourth-order valence-electron chi connectivity index (χ4n) is 2.17. The van der Waals surface area contributed by atoms with Gasteiger partial charge in [0.15, 0.2) is 0 Å². The van der Waals surface area contributed by atoms with Crippen LogP contribution in [-0.4, -0.2) is 24.2 Å². The van der Waals surface area contributed by atoms with E-state index in [9.17, 15) is 0 Å². The SMILES string of the molecule is CCNC(c1ccc(C)nc1)C(OCC)C(C)C. The Kier molecular flexibility index (Phi) is 6.30. The van der Waals surface area contributed by atoms with Gasteiger partial charge in [0.25, 0.3) is 0 Å². The molecule has 0 aromatic carbocycles. The smallest absolute Gasteiger partial charge is 0.0792 e. The standard InChI is InChI=1S/C15H26N2O/c1-6-16-14(15(11(3)4)18-7-2)13-9-8-12(5)17-10-13/h8-11,14-16H,6-7H2,1-5H3. The number of hydrogen-bond acceptors (Lipinski definition) is 3. The van der Waals surface area contributed by atoms with Gasteiger partial charge in [-0.25, -0.2) is 0 Å². The summed E-state index contributed by atoms with van der Waals surface area (Å²) >= 11 is 0. The maximum absolute atomic E-state index is 5.91. The summed E-state index contributed by atoms with van der Waals surface area (Å²) < 4.78 is 5.91. The number of nitrogens with zero attached hydrogens (tertiary/aromatic N) is 1. The van der Waals surface area contributed by atoms with Crippen molar-refractivity contribution in [3.05, 3.63) is 29.6 Å². The van der Waals surface area contributed by atoms with Gasteiger partial charge in [-0.1, -0.05) is 26.8 Å². The van der Waals surface area contributed by atoms with Crippen LogP contribution in [0.2, 0.25) is 0 Å². The summed E-state index contributed by atoms with van der Waals surface area (Å²) in [4.78, 5) is 4.39. The third kappa shape index (κ3) is 4.07. The summed E-state index contributed by atoms with van der Waals surface area (Å²) in [6.07, 6.45) is 2.14. The topological polar surface area (TPSA) is 34.2 Å². The lowest BCUT2D eigenvalue weighted by Crippen LogP contribution is -2.37. The molecule has 0 spiro atoms. The van der Waals surface area contributed by atoms with Gasteiger partial charge < -0.3 is 10.1 Å². The fraction of sp³-hybridized carbons (Fsp3) is 0.667. The Hall–Kier alpha value is -0.930. The minimum Gasteiger partial charge on any atom is -0.376 e. The van der Waals surface area contributed by atoms with Crippen molar-refractivity contribution in [3.63, 3.8) is 0 Å². The molecule has 102 valence electrons. The van der Waals surface area contributed by atoms with E-state index in [-0.39, 0.29) is 12.1 Å². The maximum atomic E-state index is 5.91. The molecule has 2 unspecified atom stereocenters. The Balaban J connectivity index is 2.95. The van der Waals surface area contributed by atoms with E-state index >= 15 is 0 Å². The molecule has 2 atom stereocenters. The van der Waals surface area contributed by atoms with Crippen LogP contribution in [0.1, 0.15) is 45.0 Å². The maximum Gasteiger partial charge on any atom is 0.0792 e. The average molecular weight is 250 g/mol. The molecular formula is C15H26N2O. The van der Waals surface area contributed by atoms with Gasteiger partial charge in [-0.05, 0) is 37.9 Å². The van der Waals surface area contributed by atoms with Gasteiger partial charge in [-0.15, -0.1) is 0 Å². The summed E-state index contributed by atoms with van der Waals surface area (Å²) in [6.45, 7) is 12.2. The summed E-state index contributed by atoms with van der Waals surface area (Å²) in [6, 6.07) is 4.41. The molecule has 1 aromatic heterocycles. The first kappa shape index (κ1) is 15.1. The molecule has 0 saturated carbocycles. The molecule has 1 rings (SSSR count). The first-order chi connectivity index (χ1) is 8.60. The summed E-state index contributed by atoms with van der Waals surface area (Å²) in [7, 11) is 0. The Bertz CT molecular complexity index is 335. The molecule has 0 aliphatic rings. The van der Waals surface area contributed by atoms with Crippen LogP contribution in [-0.2, 0) is 4.74 Å². The third-order valence-corrected chi connectivity index (χ3v) is 3.06. The van der Waals surface area contributed by atoms with Crippen molar-refractivity contribution in [1.82, 2.24) is 10.3 Å². The number of ether oxygens (including phenoxy) is 1. The molecule has 0 aliphatic carbocycles. The van der Waals surface area contributed by atoms with Crippen molar-refractivity contribution >= 4 is 0 Å². The highest BCUT2D eigenvalue weighted by atomic mass is 16.5. The zero-order valence-electron chi connectivity index (χ0n) is 12.2. The quantitative estimate of drug-likeness (QED) is 0.807. The van der Waals surface area contributed by atoms with Gasteiger partial charge in [0, 0.05) is 18.5 Å². The van der Waals surface area contributed by atoms with Gasteiger partial charge in [0.1, 0.15) is 0 Å². The predicted molar refractivity (Wildman–Crippen MR) is 75.6 cm³/mol. The van der Waals surface area contributed by atoms with Crippen LogP contribution >= 0.6 is 0 Å². The second-order valence-corrected chi connectivity index (χ2v) is 4.93. The van der Waals surface area contributed by atoms with E-state index < -0.39 is 0 Å². The summed E-state index contributed by atoms with van der Waals surface area (Å²) in [5.41, 5.74) is 2.25. The number of hydrogen-bond donors (Lipinski definition) is 1. The van der Waals surface area contributed by atoms with Crippen molar-refractivity contribution in [3.8, 4) is 0 Å². The molecule has 0 aliphatic heterocycles. The van der Waals surface area contributed by atoms with E-state index in [2.05, 4.69) is 43.2 Å². The molecule has 0 fully saturated rings. The molecule has 3 nitrogen and oxygen atoms in total. The average Bonchev–Trinajstić information content (AvgIpc) is 2.34. The Labute approximate surface area is 111 Å². The molecule has 1 aromatic rings. The second kappa shape index (κ2) is 7.49. The molecule has 1 heterocycles. The molecule has 18 heavy (non-hydrogen) atoms. The number of pyridine rings is 1. The Morgan fingerprint density at radius 1 is 1.28 bits per heavy atom. The fourth-order valence-corrected chi connectivity index (χ4v) is 2.17. The molecule has 0 saturated heterocycles. The first-order valence-corrected chi connectivity index (χ1v) is 6.87. The van der Waals surface area contributed by atoms with E-state index in [4.69, 9.17) is 4.74 Å². The van der Waals surface area contributed by atoms with E-state index in [1.165, 1.54) is 5.56 Å². The highest BCUT2D eigenvalue weighted by Crippen LogP contribution is 2.24. The van der Waals surface area contributed by atoms with E-state index in [1.807, 2.05) is 20.0 Å². The number of aryl methyl sites for hydroxylation is 1. The highest BCUT2D eigenvalue weighted by molar-refractivity contribution is 5.18. The monoisotopic (exact) mass is 250 g/mol. The van der Waals surface area contributed by atoms with E-state index in [0.29, 0.717) is 5.92 Å². The predicted octanol–water partition coefficient (Wildman–Crippen LogP) is 3.10. The zero-order chi connectivity index (χ0) is 13.5. The van der Waals surface area contributed by atoms with Crippen molar-refractivity contribution in [2.75, 3.05) is 13.2 Å². The van der Waals surface area contributed by atoms with Gasteiger partial charge in [0.05, 0.1) is 12.1 Å². The molecule has 1 N–H and O–H groups in total. The lowest BCUT2D eigenvalue weighted by atomic mass is 9.94. The third-order valence-electron chi connectivity index (χ3n) is 3.06. The van der Waals surface area contributed by atoms with Crippen LogP contribution < -0.4 is 5.32 Å². The Morgan fingerprint density at radius 2 is 2.00 bits per heavy atom. The minimum atomic E-state index is 0.180. The van der Waals surface area contributed by atoms with Crippen LogP contribution in [0.25, 0.3) is 0 Å². The minimum absolute atomic E-state index is 0.180. The van der Waals surface area contributed by atoms with E-state index in [1.54, 1.807) is 0 Å². The summed E-state index contributed by atoms with van der Waals surface area (Å²) in [5, 5.41) is 3.52. The van der Waals surface area contributed by atoms with Crippen LogP contribution in [0.4, 0.5) is 0 Å². The zero-order valence-corrected chi connectivity index (χ0v) is 12.2. The van der Waals surface area contributed by atoms with Crippen molar-refractivity contribution in [1.29, 1.82) is 0 Å². The van der Waals surface area contributed by atoms with Gasteiger partial charge in [-0.3, -0.25) is 4.98 Å². The number of nitrogens with one attached hydrogen (secondary N) is 1. The van der Waals surface area contributed by atoms with Crippen LogP contribution in [0.15, 0.2) is 18.3 Å². The van der Waals surface area contributed by atoms with Crippen LogP contribution in [0.5, 0.6) is 0 Å². The Morgan fingerprint density at radius 3 is 2.44 bits per heavy atom. The number of aromatic nitrogens is 1. The van der Waals surface area contributed by atoms with Crippen molar-refractivity contribution < 1.29 is 4.74 Å².